The average Bonchev–Trinajstić information content (AvgIpc) is 2.43. The van der Waals surface area contributed by atoms with Crippen LogP contribution in [0.1, 0.15) is 22.8 Å². The quantitative estimate of drug-likeness (QED) is 0.660. The van der Waals surface area contributed by atoms with Gasteiger partial charge in [0.15, 0.2) is 10.9 Å². The zero-order valence-electron chi connectivity index (χ0n) is 11.7. The van der Waals surface area contributed by atoms with E-state index < -0.39 is 0 Å². The molecule has 0 radical (unpaired) electrons. The number of anilines is 2. The van der Waals surface area contributed by atoms with Crippen LogP contribution in [0.15, 0.2) is 42.5 Å². The lowest BCUT2D eigenvalue weighted by molar-refractivity contribution is 0.101. The van der Waals surface area contributed by atoms with Crippen molar-refractivity contribution in [3.05, 3.63) is 59.4 Å². The van der Waals surface area contributed by atoms with Crippen LogP contribution < -0.4 is 10.6 Å². The SMILES string of the molecule is CC(=O)c1cccc(NC(=S)Nc2ccc(F)c(C)c2)c1. The molecule has 0 aliphatic heterocycles. The number of Topliss-reactive ketones (excluding diaryl/α,β-unsaturated/α-hetero) is 1. The molecule has 0 unspecified atom stereocenters. The lowest BCUT2D eigenvalue weighted by Gasteiger charge is -2.11. The molecule has 2 rings (SSSR count). The second-order valence-electron chi connectivity index (χ2n) is 4.68. The van der Waals surface area contributed by atoms with Gasteiger partial charge in [-0.05, 0) is 62.0 Å². The summed E-state index contributed by atoms with van der Waals surface area (Å²) in [6, 6.07) is 11.7. The number of halogens is 1. The van der Waals surface area contributed by atoms with Crippen molar-refractivity contribution in [2.24, 2.45) is 0 Å². The second kappa shape index (κ2) is 6.45. The number of rotatable bonds is 3. The third kappa shape index (κ3) is 4.10. The van der Waals surface area contributed by atoms with E-state index in [2.05, 4.69) is 10.6 Å². The maximum atomic E-state index is 13.2. The molecular formula is C16H15FN2OS. The van der Waals surface area contributed by atoms with Crippen molar-refractivity contribution < 1.29 is 9.18 Å². The molecule has 0 aromatic heterocycles. The normalized spacial score (nSPS) is 10.0. The van der Waals surface area contributed by atoms with Crippen LogP contribution in [-0.2, 0) is 0 Å². The molecule has 0 atom stereocenters. The zero-order chi connectivity index (χ0) is 15.4. The van der Waals surface area contributed by atoms with Gasteiger partial charge in [0.05, 0.1) is 0 Å². The highest BCUT2D eigenvalue weighted by Crippen LogP contribution is 2.15. The highest BCUT2D eigenvalue weighted by atomic mass is 32.1. The van der Waals surface area contributed by atoms with E-state index in [-0.39, 0.29) is 11.6 Å². The maximum absolute atomic E-state index is 13.2. The third-order valence-corrected chi connectivity index (χ3v) is 3.15. The lowest BCUT2D eigenvalue weighted by Crippen LogP contribution is -2.19. The first kappa shape index (κ1) is 15.1. The number of nitrogens with one attached hydrogen (secondary N) is 2. The molecule has 0 aliphatic rings. The fourth-order valence-electron chi connectivity index (χ4n) is 1.83. The van der Waals surface area contributed by atoms with Crippen LogP contribution in [0.25, 0.3) is 0 Å². The molecule has 0 fully saturated rings. The molecule has 2 aromatic carbocycles. The smallest absolute Gasteiger partial charge is 0.175 e. The van der Waals surface area contributed by atoms with Crippen molar-refractivity contribution in [3.63, 3.8) is 0 Å². The molecule has 0 bridgehead atoms. The molecule has 0 amide bonds. The number of ketones is 1. The lowest BCUT2D eigenvalue weighted by atomic mass is 10.1. The van der Waals surface area contributed by atoms with E-state index >= 15 is 0 Å². The number of hydrogen-bond acceptors (Lipinski definition) is 2. The molecule has 0 heterocycles. The van der Waals surface area contributed by atoms with Gasteiger partial charge in [-0.25, -0.2) is 4.39 Å². The Hall–Kier alpha value is -2.27. The second-order valence-corrected chi connectivity index (χ2v) is 5.09. The predicted octanol–water partition coefficient (Wildman–Crippen LogP) is 4.15. The van der Waals surface area contributed by atoms with E-state index in [1.54, 1.807) is 37.3 Å². The van der Waals surface area contributed by atoms with Crippen LogP contribution >= 0.6 is 12.2 Å². The summed E-state index contributed by atoms with van der Waals surface area (Å²) in [5, 5.41) is 6.35. The molecule has 0 aliphatic carbocycles. The summed E-state index contributed by atoms with van der Waals surface area (Å²) in [5.74, 6) is -0.264. The minimum Gasteiger partial charge on any atom is -0.332 e. The Morgan fingerprint density at radius 1 is 1.10 bits per heavy atom. The number of aryl methyl sites for hydroxylation is 1. The van der Waals surface area contributed by atoms with Gasteiger partial charge < -0.3 is 10.6 Å². The Balaban J connectivity index is 2.06. The summed E-state index contributed by atoms with van der Waals surface area (Å²) < 4.78 is 13.2. The number of benzene rings is 2. The summed E-state index contributed by atoms with van der Waals surface area (Å²) in [7, 11) is 0. The zero-order valence-corrected chi connectivity index (χ0v) is 12.6. The molecular weight excluding hydrogens is 287 g/mol. The summed E-state index contributed by atoms with van der Waals surface area (Å²) >= 11 is 5.20. The molecule has 108 valence electrons. The Labute approximate surface area is 128 Å². The van der Waals surface area contributed by atoms with E-state index in [1.807, 2.05) is 6.07 Å². The van der Waals surface area contributed by atoms with Gasteiger partial charge >= 0.3 is 0 Å². The van der Waals surface area contributed by atoms with Crippen LogP contribution in [0.2, 0.25) is 0 Å². The van der Waals surface area contributed by atoms with E-state index in [1.165, 1.54) is 13.0 Å². The summed E-state index contributed by atoms with van der Waals surface area (Å²) in [5.41, 5.74) is 2.58. The van der Waals surface area contributed by atoms with Crippen molar-refractivity contribution in [1.82, 2.24) is 0 Å². The maximum Gasteiger partial charge on any atom is 0.175 e. The van der Waals surface area contributed by atoms with Crippen molar-refractivity contribution in [2.45, 2.75) is 13.8 Å². The molecule has 3 nitrogen and oxygen atoms in total. The number of carbonyl (C=O) groups is 1. The van der Waals surface area contributed by atoms with Crippen LogP contribution in [0, 0.1) is 12.7 Å². The van der Waals surface area contributed by atoms with Gasteiger partial charge in [0.1, 0.15) is 5.82 Å². The summed E-state index contributed by atoms with van der Waals surface area (Å²) in [6.45, 7) is 3.20. The third-order valence-electron chi connectivity index (χ3n) is 2.94. The monoisotopic (exact) mass is 302 g/mol. The summed E-state index contributed by atoms with van der Waals surface area (Å²) in [4.78, 5) is 11.3. The fourth-order valence-corrected chi connectivity index (χ4v) is 2.07. The van der Waals surface area contributed by atoms with Gasteiger partial charge in [-0.3, -0.25) is 4.79 Å². The van der Waals surface area contributed by atoms with E-state index in [0.717, 1.165) is 5.69 Å². The van der Waals surface area contributed by atoms with Gasteiger partial charge in [-0.15, -0.1) is 0 Å². The van der Waals surface area contributed by atoms with Gasteiger partial charge in [0.25, 0.3) is 0 Å². The van der Waals surface area contributed by atoms with Gasteiger partial charge in [0, 0.05) is 16.9 Å². The predicted molar refractivity (Wildman–Crippen MR) is 87.4 cm³/mol. The van der Waals surface area contributed by atoms with E-state index in [4.69, 9.17) is 12.2 Å². The number of thiocarbonyl (C=S) groups is 1. The molecule has 2 aromatic rings. The molecule has 5 heteroatoms. The van der Waals surface area contributed by atoms with Gasteiger partial charge in [0.2, 0.25) is 0 Å². The molecule has 2 N–H and O–H groups in total. The Kier molecular flexibility index (Phi) is 4.65. The largest absolute Gasteiger partial charge is 0.332 e. The van der Waals surface area contributed by atoms with Gasteiger partial charge in [-0.1, -0.05) is 12.1 Å². The van der Waals surface area contributed by atoms with Crippen LogP contribution in [0.3, 0.4) is 0 Å². The Bertz CT molecular complexity index is 700. The Morgan fingerprint density at radius 2 is 1.76 bits per heavy atom. The number of hydrogen-bond donors (Lipinski definition) is 2. The molecule has 0 spiro atoms. The van der Waals surface area contributed by atoms with E-state index in [0.29, 0.717) is 21.9 Å². The van der Waals surface area contributed by atoms with Crippen molar-refractivity contribution in [1.29, 1.82) is 0 Å². The minimum atomic E-state index is -0.256. The molecule has 0 saturated carbocycles. The van der Waals surface area contributed by atoms with Crippen molar-refractivity contribution >= 4 is 34.5 Å². The van der Waals surface area contributed by atoms with Crippen LogP contribution in [-0.4, -0.2) is 10.9 Å². The molecule has 21 heavy (non-hydrogen) atoms. The standard InChI is InChI=1S/C16H15FN2OS/c1-10-8-14(6-7-15(10)17)19-16(21)18-13-5-3-4-12(9-13)11(2)20/h3-9H,1-2H3,(H2,18,19,21). The first-order valence-corrected chi connectivity index (χ1v) is 6.81. The first-order chi connectivity index (χ1) is 9.95. The van der Waals surface area contributed by atoms with E-state index in [9.17, 15) is 9.18 Å². The Morgan fingerprint density at radius 3 is 2.38 bits per heavy atom. The van der Waals surface area contributed by atoms with Crippen LogP contribution in [0.5, 0.6) is 0 Å². The highest BCUT2D eigenvalue weighted by molar-refractivity contribution is 7.80. The van der Waals surface area contributed by atoms with Crippen molar-refractivity contribution in [2.75, 3.05) is 10.6 Å². The first-order valence-electron chi connectivity index (χ1n) is 6.41. The average molecular weight is 302 g/mol. The summed E-state index contributed by atoms with van der Waals surface area (Å²) in [6.07, 6.45) is 0. The fraction of sp³-hybridized carbons (Fsp3) is 0.125. The number of carbonyl (C=O) groups excluding carboxylic acids is 1. The minimum absolute atomic E-state index is 0.00770. The topological polar surface area (TPSA) is 41.1 Å². The van der Waals surface area contributed by atoms with Crippen LogP contribution in [0.4, 0.5) is 15.8 Å². The van der Waals surface area contributed by atoms with Crippen molar-refractivity contribution in [3.8, 4) is 0 Å². The molecule has 0 saturated heterocycles. The van der Waals surface area contributed by atoms with Gasteiger partial charge in [-0.2, -0.15) is 0 Å². The highest BCUT2D eigenvalue weighted by Gasteiger charge is 2.04.